The maximum absolute atomic E-state index is 4.47. The molecule has 0 aliphatic heterocycles. The second kappa shape index (κ2) is 4.19. The first-order chi connectivity index (χ1) is 8.94. The van der Waals surface area contributed by atoms with Gasteiger partial charge in [-0.2, -0.15) is 0 Å². The van der Waals surface area contributed by atoms with Crippen molar-refractivity contribution in [1.29, 1.82) is 0 Å². The van der Waals surface area contributed by atoms with Gasteiger partial charge < -0.3 is 5.32 Å². The van der Waals surface area contributed by atoms with Crippen LogP contribution in [0.5, 0.6) is 0 Å². The van der Waals surface area contributed by atoms with E-state index in [1.165, 1.54) is 24.1 Å². The third-order valence-corrected chi connectivity index (χ3v) is 5.92. The molecule has 1 N–H and O–H groups in total. The Labute approximate surface area is 116 Å². The molecule has 0 atom stereocenters. The van der Waals surface area contributed by atoms with Crippen LogP contribution in [0.3, 0.4) is 0 Å². The van der Waals surface area contributed by atoms with Gasteiger partial charge >= 0.3 is 0 Å². The molecule has 2 aliphatic rings. The number of aromatic nitrogens is 2. The molecule has 1 aromatic rings. The Hall–Kier alpha value is -1.12. The monoisotopic (exact) mass is 259 g/mol. The molecule has 0 unspecified atom stereocenters. The fourth-order valence-electron chi connectivity index (χ4n) is 3.72. The van der Waals surface area contributed by atoms with Gasteiger partial charge in [0.15, 0.2) is 0 Å². The van der Waals surface area contributed by atoms with Crippen molar-refractivity contribution in [3.05, 3.63) is 17.6 Å². The molecule has 0 aromatic carbocycles. The third kappa shape index (κ3) is 1.94. The van der Waals surface area contributed by atoms with Gasteiger partial charge in [-0.3, -0.25) is 0 Å². The Morgan fingerprint density at radius 3 is 2.47 bits per heavy atom. The topological polar surface area (TPSA) is 37.8 Å². The van der Waals surface area contributed by atoms with Crippen LogP contribution in [0, 0.1) is 16.7 Å². The zero-order valence-corrected chi connectivity index (χ0v) is 12.6. The highest BCUT2D eigenvalue weighted by molar-refractivity contribution is 5.47. The number of aryl methyl sites for hydroxylation is 1. The largest absolute Gasteiger partial charge is 0.369 e. The Morgan fingerprint density at radius 1 is 1.11 bits per heavy atom. The van der Waals surface area contributed by atoms with Crippen LogP contribution in [-0.4, -0.2) is 16.5 Å². The van der Waals surface area contributed by atoms with Crippen LogP contribution in [0.4, 0.5) is 5.82 Å². The van der Waals surface area contributed by atoms with Gasteiger partial charge in [-0.1, -0.05) is 27.7 Å². The Morgan fingerprint density at radius 2 is 1.79 bits per heavy atom. The number of fused-ring (bicyclic) bond motifs is 1. The summed E-state index contributed by atoms with van der Waals surface area (Å²) in [7, 11) is 0. The van der Waals surface area contributed by atoms with Crippen LogP contribution < -0.4 is 5.32 Å². The number of anilines is 1. The van der Waals surface area contributed by atoms with E-state index in [-0.39, 0.29) is 0 Å². The molecule has 1 heterocycles. The summed E-state index contributed by atoms with van der Waals surface area (Å²) >= 11 is 0. The van der Waals surface area contributed by atoms with Crippen molar-refractivity contribution in [3.63, 3.8) is 0 Å². The van der Waals surface area contributed by atoms with E-state index in [2.05, 4.69) is 43.0 Å². The average Bonchev–Trinajstić information content (AvgIpc) is 2.77. The standard InChI is InChI=1S/C16H25N3/c1-15(2)13(16(15,3)4)9-17-14-11-7-5-6-8-12(11)18-10-19-14/h10,13H,5-9H2,1-4H3,(H,17,18,19). The Balaban J connectivity index is 1.72. The zero-order chi connectivity index (χ0) is 13.7. The predicted octanol–water partition coefficient (Wildman–Crippen LogP) is 3.45. The van der Waals surface area contributed by atoms with Gasteiger partial charge in [0.05, 0.1) is 0 Å². The summed E-state index contributed by atoms with van der Waals surface area (Å²) in [6.07, 6.45) is 6.51. The highest BCUT2D eigenvalue weighted by Crippen LogP contribution is 2.68. The molecule has 0 spiro atoms. The summed E-state index contributed by atoms with van der Waals surface area (Å²) in [5, 5.41) is 3.59. The lowest BCUT2D eigenvalue weighted by molar-refractivity contribution is 0.457. The summed E-state index contributed by atoms with van der Waals surface area (Å²) in [5.74, 6) is 1.82. The molecule has 104 valence electrons. The highest BCUT2D eigenvalue weighted by atomic mass is 15.0. The van der Waals surface area contributed by atoms with Crippen LogP contribution in [-0.2, 0) is 12.8 Å². The van der Waals surface area contributed by atoms with E-state index in [1.807, 2.05) is 0 Å². The summed E-state index contributed by atoms with van der Waals surface area (Å²) < 4.78 is 0. The molecule has 1 fully saturated rings. The van der Waals surface area contributed by atoms with Gasteiger partial charge in [0.25, 0.3) is 0 Å². The molecule has 0 saturated heterocycles. The first-order valence-corrected chi connectivity index (χ1v) is 7.51. The van der Waals surface area contributed by atoms with E-state index in [0.717, 1.165) is 31.1 Å². The van der Waals surface area contributed by atoms with E-state index < -0.39 is 0 Å². The van der Waals surface area contributed by atoms with Gasteiger partial charge in [0.1, 0.15) is 12.1 Å². The van der Waals surface area contributed by atoms with Gasteiger partial charge in [-0.05, 0) is 42.4 Å². The van der Waals surface area contributed by atoms with Crippen molar-refractivity contribution in [3.8, 4) is 0 Å². The average molecular weight is 259 g/mol. The summed E-state index contributed by atoms with van der Waals surface area (Å²) in [5.41, 5.74) is 3.50. The molecular formula is C16H25N3. The molecule has 2 aliphatic carbocycles. The minimum atomic E-state index is 0.438. The number of hydrogen-bond acceptors (Lipinski definition) is 3. The van der Waals surface area contributed by atoms with E-state index in [1.54, 1.807) is 6.33 Å². The lowest BCUT2D eigenvalue weighted by Crippen LogP contribution is -2.15. The molecule has 0 radical (unpaired) electrons. The van der Waals surface area contributed by atoms with Gasteiger partial charge in [-0.25, -0.2) is 9.97 Å². The summed E-state index contributed by atoms with van der Waals surface area (Å²) in [6.45, 7) is 10.5. The van der Waals surface area contributed by atoms with Gasteiger partial charge in [-0.15, -0.1) is 0 Å². The van der Waals surface area contributed by atoms with Crippen molar-refractivity contribution in [2.24, 2.45) is 16.7 Å². The third-order valence-electron chi connectivity index (χ3n) is 5.92. The quantitative estimate of drug-likeness (QED) is 0.903. The van der Waals surface area contributed by atoms with E-state index in [4.69, 9.17) is 0 Å². The van der Waals surface area contributed by atoms with Crippen molar-refractivity contribution in [2.45, 2.75) is 53.4 Å². The van der Waals surface area contributed by atoms with Gasteiger partial charge in [0.2, 0.25) is 0 Å². The number of rotatable bonds is 3. The second-order valence-corrected chi connectivity index (χ2v) is 7.23. The Bertz CT molecular complexity index is 477. The molecule has 0 bridgehead atoms. The van der Waals surface area contributed by atoms with Gasteiger partial charge in [0, 0.05) is 17.8 Å². The molecule has 3 nitrogen and oxygen atoms in total. The molecule has 1 saturated carbocycles. The lowest BCUT2D eigenvalue weighted by atomic mass is 9.96. The molecule has 3 heteroatoms. The van der Waals surface area contributed by atoms with Crippen molar-refractivity contribution in [1.82, 2.24) is 9.97 Å². The van der Waals surface area contributed by atoms with E-state index in [9.17, 15) is 0 Å². The van der Waals surface area contributed by atoms with Crippen molar-refractivity contribution < 1.29 is 0 Å². The first-order valence-electron chi connectivity index (χ1n) is 7.51. The van der Waals surface area contributed by atoms with Crippen LogP contribution in [0.2, 0.25) is 0 Å². The maximum atomic E-state index is 4.47. The van der Waals surface area contributed by atoms with E-state index in [0.29, 0.717) is 10.8 Å². The summed E-state index contributed by atoms with van der Waals surface area (Å²) in [6, 6.07) is 0. The Kier molecular flexibility index (Phi) is 2.84. The molecule has 19 heavy (non-hydrogen) atoms. The predicted molar refractivity (Wildman–Crippen MR) is 78.2 cm³/mol. The minimum absolute atomic E-state index is 0.438. The molecule has 0 amide bonds. The maximum Gasteiger partial charge on any atom is 0.132 e. The normalized spacial score (nSPS) is 23.8. The molecular weight excluding hydrogens is 234 g/mol. The van der Waals surface area contributed by atoms with Crippen LogP contribution in [0.1, 0.15) is 51.8 Å². The number of nitrogens with zero attached hydrogens (tertiary/aromatic N) is 2. The fraction of sp³-hybridized carbons (Fsp3) is 0.750. The number of hydrogen-bond donors (Lipinski definition) is 1. The lowest BCUT2D eigenvalue weighted by Gasteiger charge is -2.18. The molecule has 1 aromatic heterocycles. The zero-order valence-electron chi connectivity index (χ0n) is 12.6. The van der Waals surface area contributed by atoms with Crippen LogP contribution >= 0.6 is 0 Å². The fourth-order valence-corrected chi connectivity index (χ4v) is 3.72. The first kappa shape index (κ1) is 12.9. The van der Waals surface area contributed by atoms with E-state index >= 15 is 0 Å². The second-order valence-electron chi connectivity index (χ2n) is 7.23. The van der Waals surface area contributed by atoms with Crippen LogP contribution in [0.25, 0.3) is 0 Å². The van der Waals surface area contributed by atoms with Crippen molar-refractivity contribution >= 4 is 5.82 Å². The number of nitrogens with one attached hydrogen (secondary N) is 1. The minimum Gasteiger partial charge on any atom is -0.369 e. The highest BCUT2D eigenvalue weighted by Gasteiger charge is 2.64. The van der Waals surface area contributed by atoms with Crippen LogP contribution in [0.15, 0.2) is 6.33 Å². The summed E-state index contributed by atoms with van der Waals surface area (Å²) in [4.78, 5) is 8.89. The smallest absolute Gasteiger partial charge is 0.132 e. The SMILES string of the molecule is CC1(C)C(CNc2ncnc3c2CCCC3)C1(C)C. The van der Waals surface area contributed by atoms with Crippen molar-refractivity contribution in [2.75, 3.05) is 11.9 Å². The molecule has 3 rings (SSSR count).